The van der Waals surface area contributed by atoms with Gasteiger partial charge >= 0.3 is 11.6 Å². The van der Waals surface area contributed by atoms with Gasteiger partial charge < -0.3 is 10.5 Å². The summed E-state index contributed by atoms with van der Waals surface area (Å²) in [6, 6.07) is 5.37. The predicted octanol–water partition coefficient (Wildman–Crippen LogP) is 3.14. The summed E-state index contributed by atoms with van der Waals surface area (Å²) >= 11 is 3.31. The molecule has 0 aliphatic rings. The van der Waals surface area contributed by atoms with Crippen LogP contribution in [0.1, 0.15) is 11.3 Å². The average molecular weight is 339 g/mol. The molecule has 2 rings (SSSR count). The van der Waals surface area contributed by atoms with Crippen molar-refractivity contribution in [1.82, 2.24) is 9.97 Å². The minimum Gasteiger partial charge on any atom is -0.433 e. The zero-order valence-electron chi connectivity index (χ0n) is 10.8. The van der Waals surface area contributed by atoms with E-state index in [0.29, 0.717) is 5.75 Å². The Balaban J connectivity index is 2.53. The van der Waals surface area contributed by atoms with E-state index in [-0.39, 0.29) is 23.2 Å². The fourth-order valence-electron chi connectivity index (χ4n) is 1.63. The molecule has 0 saturated carbocycles. The number of ether oxygens (including phenoxy) is 1. The van der Waals surface area contributed by atoms with Crippen LogP contribution in [0.4, 0.5) is 11.6 Å². The predicted molar refractivity (Wildman–Crippen MR) is 76.8 cm³/mol. The van der Waals surface area contributed by atoms with Gasteiger partial charge in [0.15, 0.2) is 0 Å². The molecular formula is C12H11BrN4O3. The maximum atomic E-state index is 11.1. The molecular weight excluding hydrogens is 328 g/mol. The first-order valence-electron chi connectivity index (χ1n) is 5.61. The molecule has 1 aromatic heterocycles. The maximum Gasteiger partial charge on any atom is 0.352 e. The van der Waals surface area contributed by atoms with Gasteiger partial charge in [-0.2, -0.15) is 4.98 Å². The number of nitro groups is 1. The lowest BCUT2D eigenvalue weighted by Gasteiger charge is -2.09. The van der Waals surface area contributed by atoms with Gasteiger partial charge in [-0.25, -0.2) is 4.98 Å². The molecule has 1 aromatic carbocycles. The van der Waals surface area contributed by atoms with Crippen molar-refractivity contribution < 1.29 is 9.66 Å². The number of nitrogens with two attached hydrogens (primary N) is 1. The van der Waals surface area contributed by atoms with Gasteiger partial charge in [0.25, 0.3) is 0 Å². The number of aryl methyl sites for hydroxylation is 2. The molecule has 1 heterocycles. The van der Waals surface area contributed by atoms with E-state index in [1.54, 1.807) is 6.07 Å². The van der Waals surface area contributed by atoms with E-state index in [1.807, 2.05) is 19.1 Å². The number of benzene rings is 1. The van der Waals surface area contributed by atoms with E-state index in [1.165, 1.54) is 6.92 Å². The molecule has 104 valence electrons. The molecule has 0 unspecified atom stereocenters. The van der Waals surface area contributed by atoms with Crippen molar-refractivity contribution in [3.05, 3.63) is 44.0 Å². The molecule has 2 aromatic rings. The van der Waals surface area contributed by atoms with Crippen molar-refractivity contribution in [1.29, 1.82) is 0 Å². The molecule has 0 fully saturated rings. The third-order valence-corrected chi connectivity index (χ3v) is 3.08. The lowest BCUT2D eigenvalue weighted by molar-refractivity contribution is -0.386. The van der Waals surface area contributed by atoms with E-state index in [4.69, 9.17) is 10.5 Å². The third-order valence-electron chi connectivity index (χ3n) is 2.58. The SMILES string of the molecule is Cc1ccc(Br)cc1Oc1nc(N)nc(C)c1[N+](=O)[O-]. The number of anilines is 1. The van der Waals surface area contributed by atoms with E-state index in [9.17, 15) is 10.1 Å². The van der Waals surface area contributed by atoms with Gasteiger partial charge in [-0.15, -0.1) is 0 Å². The van der Waals surface area contributed by atoms with Crippen molar-refractivity contribution in [2.45, 2.75) is 13.8 Å². The Kier molecular flexibility index (Phi) is 3.84. The summed E-state index contributed by atoms with van der Waals surface area (Å²) in [5.41, 5.74) is 6.20. The lowest BCUT2D eigenvalue weighted by atomic mass is 10.2. The molecule has 0 bridgehead atoms. The van der Waals surface area contributed by atoms with Gasteiger partial charge in [0, 0.05) is 4.47 Å². The fourth-order valence-corrected chi connectivity index (χ4v) is 1.97. The van der Waals surface area contributed by atoms with Crippen LogP contribution in [0.2, 0.25) is 0 Å². The van der Waals surface area contributed by atoms with Gasteiger partial charge in [-0.1, -0.05) is 22.0 Å². The topological polar surface area (TPSA) is 104 Å². The first-order chi connectivity index (χ1) is 9.38. The van der Waals surface area contributed by atoms with Crippen LogP contribution in [0.3, 0.4) is 0 Å². The van der Waals surface area contributed by atoms with Crippen molar-refractivity contribution in [2.24, 2.45) is 0 Å². The monoisotopic (exact) mass is 338 g/mol. The average Bonchev–Trinajstić information content (AvgIpc) is 2.32. The second-order valence-electron chi connectivity index (χ2n) is 4.09. The van der Waals surface area contributed by atoms with Crippen LogP contribution >= 0.6 is 15.9 Å². The summed E-state index contributed by atoms with van der Waals surface area (Å²) in [5, 5.41) is 11.1. The number of rotatable bonds is 3. The quantitative estimate of drug-likeness (QED) is 0.680. The molecule has 2 N–H and O–H groups in total. The van der Waals surface area contributed by atoms with Crippen LogP contribution in [-0.2, 0) is 0 Å². The summed E-state index contributed by atoms with van der Waals surface area (Å²) in [5.74, 6) is 0.219. The molecule has 0 amide bonds. The zero-order valence-corrected chi connectivity index (χ0v) is 12.3. The molecule has 7 nitrogen and oxygen atoms in total. The molecule has 20 heavy (non-hydrogen) atoms. The number of halogens is 1. The van der Waals surface area contributed by atoms with E-state index in [2.05, 4.69) is 25.9 Å². The largest absolute Gasteiger partial charge is 0.433 e. The first kappa shape index (κ1) is 14.2. The van der Waals surface area contributed by atoms with Crippen LogP contribution in [0.5, 0.6) is 11.6 Å². The van der Waals surface area contributed by atoms with Gasteiger partial charge in [-0.3, -0.25) is 10.1 Å². The highest BCUT2D eigenvalue weighted by Crippen LogP contribution is 2.34. The first-order valence-corrected chi connectivity index (χ1v) is 6.40. The van der Waals surface area contributed by atoms with Gasteiger partial charge in [0.05, 0.1) is 4.92 Å². The number of nitrogen functional groups attached to an aromatic ring is 1. The van der Waals surface area contributed by atoms with Crippen LogP contribution in [-0.4, -0.2) is 14.9 Å². The zero-order chi connectivity index (χ0) is 14.9. The molecule has 0 aliphatic carbocycles. The van der Waals surface area contributed by atoms with Gasteiger partial charge in [-0.05, 0) is 31.5 Å². The molecule has 0 saturated heterocycles. The van der Waals surface area contributed by atoms with Crippen molar-refractivity contribution >= 4 is 27.6 Å². The Bertz CT molecular complexity index is 691. The minimum atomic E-state index is -0.586. The highest BCUT2D eigenvalue weighted by atomic mass is 79.9. The fraction of sp³-hybridized carbons (Fsp3) is 0.167. The van der Waals surface area contributed by atoms with Gasteiger partial charge in [0.1, 0.15) is 11.4 Å². The van der Waals surface area contributed by atoms with Gasteiger partial charge in [0.2, 0.25) is 5.95 Å². The van der Waals surface area contributed by atoms with E-state index in [0.717, 1.165) is 10.0 Å². The second kappa shape index (κ2) is 5.41. The number of hydrogen-bond donors (Lipinski definition) is 1. The summed E-state index contributed by atoms with van der Waals surface area (Å²) in [6.07, 6.45) is 0. The normalized spacial score (nSPS) is 10.3. The van der Waals surface area contributed by atoms with Crippen LogP contribution in [0.15, 0.2) is 22.7 Å². The van der Waals surface area contributed by atoms with Crippen molar-refractivity contribution in [2.75, 3.05) is 5.73 Å². The highest BCUT2D eigenvalue weighted by molar-refractivity contribution is 9.10. The minimum absolute atomic E-state index is 0.0734. The van der Waals surface area contributed by atoms with Crippen LogP contribution in [0, 0.1) is 24.0 Å². The second-order valence-corrected chi connectivity index (χ2v) is 5.01. The summed E-state index contributed by atoms with van der Waals surface area (Å²) in [6.45, 7) is 3.31. The highest BCUT2D eigenvalue weighted by Gasteiger charge is 2.24. The van der Waals surface area contributed by atoms with Crippen molar-refractivity contribution in [3.63, 3.8) is 0 Å². The molecule has 8 heteroatoms. The Morgan fingerprint density at radius 1 is 1.35 bits per heavy atom. The smallest absolute Gasteiger partial charge is 0.352 e. The van der Waals surface area contributed by atoms with Crippen LogP contribution < -0.4 is 10.5 Å². The standard InChI is InChI=1S/C12H11BrN4O3/c1-6-3-4-8(13)5-9(6)20-11-10(17(18)19)7(2)15-12(14)16-11/h3-5H,1-2H3,(H2,14,15,16). The lowest BCUT2D eigenvalue weighted by Crippen LogP contribution is -2.05. The Morgan fingerprint density at radius 3 is 2.70 bits per heavy atom. The summed E-state index contributed by atoms with van der Waals surface area (Å²) in [7, 11) is 0. The summed E-state index contributed by atoms with van der Waals surface area (Å²) < 4.78 is 6.33. The Morgan fingerprint density at radius 2 is 2.05 bits per heavy atom. The Hall–Kier alpha value is -2.22. The third kappa shape index (κ3) is 2.85. The number of hydrogen-bond acceptors (Lipinski definition) is 6. The molecule has 0 spiro atoms. The number of nitrogens with zero attached hydrogens (tertiary/aromatic N) is 3. The molecule has 0 atom stereocenters. The Labute approximate surface area is 123 Å². The number of aromatic nitrogens is 2. The van der Waals surface area contributed by atoms with Crippen LogP contribution in [0.25, 0.3) is 0 Å². The van der Waals surface area contributed by atoms with E-state index < -0.39 is 4.92 Å². The maximum absolute atomic E-state index is 11.1. The molecule has 0 aliphatic heterocycles. The van der Waals surface area contributed by atoms with Crippen molar-refractivity contribution in [3.8, 4) is 11.6 Å². The van der Waals surface area contributed by atoms with E-state index >= 15 is 0 Å². The summed E-state index contributed by atoms with van der Waals surface area (Å²) in [4.78, 5) is 18.1. The molecule has 0 radical (unpaired) electrons.